The van der Waals surface area contributed by atoms with Crippen molar-refractivity contribution in [2.24, 2.45) is 0 Å². The molecule has 0 bridgehead atoms. The summed E-state index contributed by atoms with van der Waals surface area (Å²) in [6.45, 7) is 0. The second-order valence-corrected chi connectivity index (χ2v) is 5.50. The van der Waals surface area contributed by atoms with E-state index in [0.717, 1.165) is 4.90 Å². The number of benzene rings is 1. The van der Waals surface area contributed by atoms with Crippen LogP contribution in [0.25, 0.3) is 4.96 Å². The van der Waals surface area contributed by atoms with E-state index < -0.39 is 0 Å². The lowest BCUT2D eigenvalue weighted by Gasteiger charge is -2.03. The van der Waals surface area contributed by atoms with Crippen molar-refractivity contribution in [1.82, 2.24) is 9.38 Å². The number of rotatable bonds is 2. The molecular formula is C12H8N2O2S2. The molecule has 3 aromatic rings. The topological polar surface area (TPSA) is 54.6 Å². The van der Waals surface area contributed by atoms with E-state index in [9.17, 15) is 9.90 Å². The first-order chi connectivity index (χ1) is 8.75. The van der Waals surface area contributed by atoms with E-state index in [1.165, 1.54) is 27.5 Å². The third kappa shape index (κ3) is 1.89. The van der Waals surface area contributed by atoms with Crippen LogP contribution in [-0.4, -0.2) is 14.5 Å². The predicted molar refractivity (Wildman–Crippen MR) is 71.6 cm³/mol. The molecule has 0 saturated carbocycles. The molecule has 0 atom stereocenters. The zero-order valence-corrected chi connectivity index (χ0v) is 10.7. The average Bonchev–Trinajstić information content (AvgIpc) is 2.84. The summed E-state index contributed by atoms with van der Waals surface area (Å²) in [6, 6.07) is 9.43. The maximum atomic E-state index is 12.2. The van der Waals surface area contributed by atoms with Crippen molar-refractivity contribution in [2.75, 3.05) is 0 Å². The molecular weight excluding hydrogens is 268 g/mol. The van der Waals surface area contributed by atoms with Crippen molar-refractivity contribution in [3.63, 3.8) is 0 Å². The average molecular weight is 276 g/mol. The Labute approximate surface area is 111 Å². The van der Waals surface area contributed by atoms with Crippen LogP contribution in [-0.2, 0) is 0 Å². The third-order valence-electron chi connectivity index (χ3n) is 2.37. The highest BCUT2D eigenvalue weighted by atomic mass is 32.2. The van der Waals surface area contributed by atoms with E-state index in [1.807, 2.05) is 30.3 Å². The fraction of sp³-hybridized carbons (Fsp3) is 0. The van der Waals surface area contributed by atoms with E-state index in [0.29, 0.717) is 4.96 Å². The second kappa shape index (κ2) is 4.47. The molecule has 6 heteroatoms. The molecule has 0 fully saturated rings. The van der Waals surface area contributed by atoms with Gasteiger partial charge in [-0.05, 0) is 12.1 Å². The lowest BCUT2D eigenvalue weighted by Crippen LogP contribution is -2.14. The van der Waals surface area contributed by atoms with E-state index in [2.05, 4.69) is 4.98 Å². The SMILES string of the molecule is O=c1c(Sc2ccccc2)c(O)nc2sccn12. The Kier molecular flexibility index (Phi) is 2.81. The van der Waals surface area contributed by atoms with Crippen molar-refractivity contribution in [2.45, 2.75) is 9.79 Å². The third-order valence-corrected chi connectivity index (χ3v) is 4.20. The molecule has 0 aliphatic heterocycles. The van der Waals surface area contributed by atoms with Crippen LogP contribution in [0.5, 0.6) is 5.88 Å². The Hall–Kier alpha value is -1.79. The van der Waals surface area contributed by atoms with Gasteiger partial charge in [-0.25, -0.2) is 0 Å². The van der Waals surface area contributed by atoms with Crippen LogP contribution in [0.2, 0.25) is 0 Å². The molecule has 3 rings (SSSR count). The van der Waals surface area contributed by atoms with E-state index in [-0.39, 0.29) is 16.3 Å². The Balaban J connectivity index is 2.14. The zero-order chi connectivity index (χ0) is 12.5. The van der Waals surface area contributed by atoms with Gasteiger partial charge in [-0.1, -0.05) is 30.0 Å². The molecule has 0 aliphatic rings. The van der Waals surface area contributed by atoms with Gasteiger partial charge < -0.3 is 5.11 Å². The van der Waals surface area contributed by atoms with Gasteiger partial charge in [0.2, 0.25) is 5.88 Å². The highest BCUT2D eigenvalue weighted by Gasteiger charge is 2.13. The maximum absolute atomic E-state index is 12.2. The standard InChI is InChI=1S/C12H8N2O2S2/c15-10-9(18-8-4-2-1-3-5-8)11(16)14-6-7-17-12(14)13-10/h1-7,15H. The molecule has 1 N–H and O–H groups in total. The quantitative estimate of drug-likeness (QED) is 0.781. The molecule has 0 aliphatic carbocycles. The molecule has 1 aromatic carbocycles. The van der Waals surface area contributed by atoms with Crippen molar-refractivity contribution in [3.8, 4) is 5.88 Å². The number of aromatic nitrogens is 2. The molecule has 0 amide bonds. The summed E-state index contributed by atoms with van der Waals surface area (Å²) in [6.07, 6.45) is 1.66. The molecule has 90 valence electrons. The van der Waals surface area contributed by atoms with Gasteiger partial charge in [0.1, 0.15) is 4.90 Å². The smallest absolute Gasteiger partial charge is 0.276 e. The largest absolute Gasteiger partial charge is 0.492 e. The minimum Gasteiger partial charge on any atom is -0.492 e. The van der Waals surface area contributed by atoms with Gasteiger partial charge in [-0.2, -0.15) is 4.98 Å². The fourth-order valence-electron chi connectivity index (χ4n) is 1.55. The van der Waals surface area contributed by atoms with Crippen molar-refractivity contribution < 1.29 is 5.11 Å². The Morgan fingerprint density at radius 3 is 2.83 bits per heavy atom. The number of nitrogens with zero attached hydrogens (tertiary/aromatic N) is 2. The molecule has 4 nitrogen and oxygen atoms in total. The highest BCUT2D eigenvalue weighted by molar-refractivity contribution is 7.99. The molecule has 0 saturated heterocycles. The summed E-state index contributed by atoms with van der Waals surface area (Å²) in [5.74, 6) is -0.212. The second-order valence-electron chi connectivity index (χ2n) is 3.54. The number of thiazole rings is 1. The normalized spacial score (nSPS) is 10.9. The molecule has 0 unspecified atom stereocenters. The highest BCUT2D eigenvalue weighted by Crippen LogP contribution is 2.30. The van der Waals surface area contributed by atoms with Crippen LogP contribution in [0, 0.1) is 0 Å². The first kappa shape index (κ1) is 11.3. The molecule has 2 aromatic heterocycles. The van der Waals surface area contributed by atoms with E-state index in [1.54, 1.807) is 11.6 Å². The summed E-state index contributed by atoms with van der Waals surface area (Å²) in [4.78, 5) is 17.8. The first-order valence-corrected chi connectivity index (χ1v) is 6.87. The summed E-state index contributed by atoms with van der Waals surface area (Å²) in [5.41, 5.74) is -0.243. The van der Waals surface area contributed by atoms with Crippen LogP contribution in [0.3, 0.4) is 0 Å². The summed E-state index contributed by atoms with van der Waals surface area (Å²) in [5, 5.41) is 11.6. The van der Waals surface area contributed by atoms with E-state index >= 15 is 0 Å². The van der Waals surface area contributed by atoms with Gasteiger partial charge in [-0.3, -0.25) is 9.20 Å². The number of aromatic hydroxyl groups is 1. The molecule has 18 heavy (non-hydrogen) atoms. The van der Waals surface area contributed by atoms with Crippen LogP contribution in [0.4, 0.5) is 0 Å². The first-order valence-electron chi connectivity index (χ1n) is 5.17. The van der Waals surface area contributed by atoms with Crippen LogP contribution < -0.4 is 5.56 Å². The maximum Gasteiger partial charge on any atom is 0.276 e. The Morgan fingerprint density at radius 1 is 1.28 bits per heavy atom. The fourth-order valence-corrected chi connectivity index (χ4v) is 3.10. The lowest BCUT2D eigenvalue weighted by atomic mass is 10.4. The zero-order valence-electron chi connectivity index (χ0n) is 9.11. The van der Waals surface area contributed by atoms with Crippen LogP contribution >= 0.6 is 23.1 Å². The molecule has 0 spiro atoms. The number of hydrogen-bond donors (Lipinski definition) is 1. The van der Waals surface area contributed by atoms with Crippen molar-refractivity contribution >= 4 is 28.1 Å². The Bertz CT molecular complexity index is 750. The summed E-state index contributed by atoms with van der Waals surface area (Å²) < 4.78 is 1.44. The number of fused-ring (bicyclic) bond motifs is 1. The van der Waals surface area contributed by atoms with Gasteiger partial charge >= 0.3 is 0 Å². The van der Waals surface area contributed by atoms with Gasteiger partial charge in [0.25, 0.3) is 5.56 Å². The van der Waals surface area contributed by atoms with Crippen molar-refractivity contribution in [1.29, 1.82) is 0 Å². The van der Waals surface area contributed by atoms with Gasteiger partial charge in [-0.15, -0.1) is 11.3 Å². The molecule has 0 radical (unpaired) electrons. The van der Waals surface area contributed by atoms with Crippen molar-refractivity contribution in [3.05, 3.63) is 52.3 Å². The van der Waals surface area contributed by atoms with Gasteiger partial charge in [0.15, 0.2) is 4.96 Å². The van der Waals surface area contributed by atoms with E-state index in [4.69, 9.17) is 0 Å². The predicted octanol–water partition coefficient (Wildman–Crippen LogP) is 2.61. The van der Waals surface area contributed by atoms with Gasteiger partial charge in [0, 0.05) is 16.5 Å². The number of hydrogen-bond acceptors (Lipinski definition) is 5. The van der Waals surface area contributed by atoms with Gasteiger partial charge in [0.05, 0.1) is 0 Å². The summed E-state index contributed by atoms with van der Waals surface area (Å²) >= 11 is 2.53. The van der Waals surface area contributed by atoms with Crippen LogP contribution in [0.15, 0.2) is 56.5 Å². The minimum atomic E-state index is -0.243. The molecule has 2 heterocycles. The Morgan fingerprint density at radius 2 is 2.06 bits per heavy atom. The monoisotopic (exact) mass is 276 g/mol. The summed E-state index contributed by atoms with van der Waals surface area (Å²) in [7, 11) is 0. The lowest BCUT2D eigenvalue weighted by molar-refractivity contribution is 0.438. The minimum absolute atomic E-state index is 0.212. The van der Waals surface area contributed by atoms with Crippen LogP contribution in [0.1, 0.15) is 0 Å².